The van der Waals surface area contributed by atoms with Gasteiger partial charge in [0.05, 0.1) is 16.2 Å². The molecule has 7 nitrogen and oxygen atoms in total. The maximum absolute atomic E-state index is 13.8. The number of aliphatic hydroxyl groups is 2. The fourth-order valence-corrected chi connectivity index (χ4v) is 8.52. The van der Waals surface area contributed by atoms with Crippen molar-refractivity contribution in [3.63, 3.8) is 0 Å². The smallest absolute Gasteiger partial charge is 0.247 e. The van der Waals surface area contributed by atoms with Crippen molar-refractivity contribution in [2.24, 2.45) is 29.1 Å². The number of aliphatic hydroxyl groups excluding tert-OH is 2. The minimum Gasteiger partial charge on any atom is -0.482 e. The third-order valence-corrected chi connectivity index (χ3v) is 10.1. The van der Waals surface area contributed by atoms with E-state index >= 15 is 0 Å². The first kappa shape index (κ1) is 27.9. The molecule has 8 heteroatoms. The molecule has 0 unspecified atom stereocenters. The van der Waals surface area contributed by atoms with Gasteiger partial charge < -0.3 is 25.2 Å². The maximum Gasteiger partial charge on any atom is 0.247 e. The molecule has 38 heavy (non-hydrogen) atoms. The number of para-hydroxylation sites is 1. The SMILES string of the molecule is CC(C)C(=O)N(CC12CC3CC(CC(C3)C1)C2)[C@@H]1CC(C(=O)NCCO)=C[C@H](Oc2ccccc2I)[C@H]1O. The number of nitrogens with zero attached hydrogens (tertiary/aromatic N) is 1. The van der Waals surface area contributed by atoms with Crippen LogP contribution in [0.2, 0.25) is 0 Å². The zero-order valence-corrected chi connectivity index (χ0v) is 24.6. The molecule has 0 spiro atoms. The van der Waals surface area contributed by atoms with Crippen LogP contribution < -0.4 is 10.1 Å². The van der Waals surface area contributed by atoms with E-state index in [1.807, 2.05) is 43.0 Å². The van der Waals surface area contributed by atoms with Gasteiger partial charge in [0.2, 0.25) is 11.8 Å². The molecule has 0 aromatic heterocycles. The van der Waals surface area contributed by atoms with Crippen LogP contribution in [-0.2, 0) is 9.59 Å². The Labute approximate surface area is 239 Å². The fraction of sp³-hybridized carbons (Fsp3) is 0.667. The molecule has 1 aromatic carbocycles. The monoisotopic (exact) mass is 636 g/mol. The highest BCUT2D eigenvalue weighted by molar-refractivity contribution is 14.1. The van der Waals surface area contributed by atoms with Crippen molar-refractivity contribution < 1.29 is 24.5 Å². The van der Waals surface area contributed by atoms with E-state index in [0.717, 1.165) is 40.6 Å². The van der Waals surface area contributed by atoms with E-state index in [2.05, 4.69) is 27.9 Å². The molecule has 0 aliphatic heterocycles. The molecule has 3 atom stereocenters. The molecule has 0 saturated heterocycles. The molecule has 208 valence electrons. The molecule has 4 fully saturated rings. The predicted octanol–water partition coefficient (Wildman–Crippen LogP) is 3.91. The van der Waals surface area contributed by atoms with Crippen LogP contribution in [0, 0.1) is 32.7 Å². The second-order valence-electron chi connectivity index (χ2n) is 12.5. The molecule has 5 aliphatic rings. The minimum absolute atomic E-state index is 0.0230. The summed E-state index contributed by atoms with van der Waals surface area (Å²) >= 11 is 2.20. The normalized spacial score (nSPS) is 33.7. The van der Waals surface area contributed by atoms with E-state index in [1.165, 1.54) is 19.3 Å². The Morgan fingerprint density at radius 1 is 1.13 bits per heavy atom. The lowest BCUT2D eigenvalue weighted by atomic mass is 9.49. The largest absolute Gasteiger partial charge is 0.482 e. The molecular formula is C30H41IN2O5. The number of ether oxygens (including phenoxy) is 1. The first-order valence-electron chi connectivity index (χ1n) is 14.2. The number of hydrogen-bond acceptors (Lipinski definition) is 5. The molecule has 4 saturated carbocycles. The summed E-state index contributed by atoms with van der Waals surface area (Å²) in [5, 5.41) is 23.7. The van der Waals surface area contributed by atoms with E-state index in [0.29, 0.717) is 17.9 Å². The standard InChI is InChI=1S/C30H41IN2O5/c1-18(2)29(37)33(17-30-14-19-9-20(15-30)11-21(10-19)16-30)24-12-22(28(36)32-7-8-34)13-26(27(24)35)38-25-6-4-3-5-23(25)31/h3-6,13,18-21,24,26-27,34-35H,7-12,14-17H2,1-2H3,(H,32,36)/t19?,20?,21?,24-,26+,27+,30?/m1/s1. The number of hydrogen-bond donors (Lipinski definition) is 3. The van der Waals surface area contributed by atoms with Gasteiger partial charge in [-0.15, -0.1) is 0 Å². The first-order valence-corrected chi connectivity index (χ1v) is 15.3. The average Bonchev–Trinajstić information content (AvgIpc) is 2.87. The van der Waals surface area contributed by atoms with E-state index in [4.69, 9.17) is 4.74 Å². The van der Waals surface area contributed by atoms with Crippen LogP contribution in [0.15, 0.2) is 35.9 Å². The summed E-state index contributed by atoms with van der Waals surface area (Å²) in [6, 6.07) is 7.02. The molecule has 2 amide bonds. The predicted molar refractivity (Wildman–Crippen MR) is 153 cm³/mol. The van der Waals surface area contributed by atoms with Crippen LogP contribution in [0.3, 0.4) is 0 Å². The lowest BCUT2D eigenvalue weighted by Crippen LogP contribution is -2.60. The zero-order valence-electron chi connectivity index (χ0n) is 22.4. The molecule has 0 heterocycles. The lowest BCUT2D eigenvalue weighted by molar-refractivity contribution is -0.150. The summed E-state index contributed by atoms with van der Waals surface area (Å²) in [5.41, 5.74) is 0.585. The van der Waals surface area contributed by atoms with Gasteiger partial charge in [0.25, 0.3) is 0 Å². The Balaban J connectivity index is 1.46. The number of nitrogens with one attached hydrogen (secondary N) is 1. The number of carbonyl (C=O) groups excluding carboxylic acids is 2. The van der Waals surface area contributed by atoms with Crippen LogP contribution in [0.1, 0.15) is 58.8 Å². The minimum atomic E-state index is -0.975. The topological polar surface area (TPSA) is 99.1 Å². The third-order valence-electron chi connectivity index (χ3n) is 9.16. The highest BCUT2D eigenvalue weighted by Crippen LogP contribution is 2.60. The highest BCUT2D eigenvalue weighted by atomic mass is 127. The summed E-state index contributed by atoms with van der Waals surface area (Å²) in [4.78, 5) is 28.8. The average molecular weight is 637 g/mol. The van der Waals surface area contributed by atoms with E-state index in [1.54, 1.807) is 6.08 Å². The molecule has 1 aromatic rings. The molecule has 3 N–H and O–H groups in total. The molecule has 6 rings (SSSR count). The van der Waals surface area contributed by atoms with Crippen molar-refractivity contribution in [3.05, 3.63) is 39.5 Å². The summed E-state index contributed by atoms with van der Waals surface area (Å²) in [6.07, 6.45) is 7.65. The number of halogens is 1. The van der Waals surface area contributed by atoms with Crippen LogP contribution >= 0.6 is 22.6 Å². The maximum atomic E-state index is 13.8. The summed E-state index contributed by atoms with van der Waals surface area (Å²) < 4.78 is 7.20. The van der Waals surface area contributed by atoms with Gasteiger partial charge in [0.15, 0.2) is 0 Å². The van der Waals surface area contributed by atoms with E-state index in [9.17, 15) is 19.8 Å². The lowest BCUT2D eigenvalue weighted by Gasteiger charge is -2.58. The van der Waals surface area contributed by atoms with Crippen molar-refractivity contribution in [2.75, 3.05) is 19.7 Å². The van der Waals surface area contributed by atoms with Gasteiger partial charge in [0.1, 0.15) is 18.0 Å². The molecule has 5 aliphatic carbocycles. The molecule has 4 bridgehead atoms. The first-order chi connectivity index (χ1) is 18.2. The second-order valence-corrected chi connectivity index (χ2v) is 13.6. The number of carbonyl (C=O) groups is 2. The van der Waals surface area contributed by atoms with Crippen molar-refractivity contribution in [1.82, 2.24) is 10.2 Å². The third kappa shape index (κ3) is 5.77. The summed E-state index contributed by atoms with van der Waals surface area (Å²) in [5.74, 6) is 2.41. The van der Waals surface area contributed by atoms with Crippen LogP contribution in [0.25, 0.3) is 0 Å². The van der Waals surface area contributed by atoms with Gasteiger partial charge in [0, 0.05) is 31.0 Å². The molecule has 0 radical (unpaired) electrons. The zero-order chi connectivity index (χ0) is 27.0. The number of amides is 2. The van der Waals surface area contributed by atoms with Crippen LogP contribution in [0.4, 0.5) is 0 Å². The van der Waals surface area contributed by atoms with Gasteiger partial charge in [-0.25, -0.2) is 0 Å². The summed E-state index contributed by atoms with van der Waals surface area (Å²) in [7, 11) is 0. The Bertz CT molecular complexity index is 1040. The Morgan fingerprint density at radius 2 is 1.76 bits per heavy atom. The van der Waals surface area contributed by atoms with E-state index in [-0.39, 0.29) is 42.7 Å². The van der Waals surface area contributed by atoms with Crippen molar-refractivity contribution in [2.45, 2.75) is 77.0 Å². The van der Waals surface area contributed by atoms with E-state index < -0.39 is 18.2 Å². The van der Waals surface area contributed by atoms with Crippen LogP contribution in [-0.4, -0.2) is 64.9 Å². The van der Waals surface area contributed by atoms with Crippen molar-refractivity contribution >= 4 is 34.4 Å². The van der Waals surface area contributed by atoms with Crippen molar-refractivity contribution in [3.8, 4) is 5.75 Å². The number of benzene rings is 1. The Morgan fingerprint density at radius 3 is 2.34 bits per heavy atom. The van der Waals surface area contributed by atoms with Gasteiger partial charge >= 0.3 is 0 Å². The van der Waals surface area contributed by atoms with Crippen molar-refractivity contribution in [1.29, 1.82) is 0 Å². The second kappa shape index (κ2) is 11.5. The van der Waals surface area contributed by atoms with Gasteiger partial charge in [-0.2, -0.15) is 0 Å². The summed E-state index contributed by atoms with van der Waals surface area (Å²) in [6.45, 7) is 4.45. The Hall–Kier alpha value is -1.65. The van der Waals surface area contributed by atoms with Crippen LogP contribution in [0.5, 0.6) is 5.75 Å². The van der Waals surface area contributed by atoms with Gasteiger partial charge in [-0.3, -0.25) is 9.59 Å². The highest BCUT2D eigenvalue weighted by Gasteiger charge is 2.53. The van der Waals surface area contributed by atoms with Gasteiger partial charge in [-0.1, -0.05) is 26.0 Å². The Kier molecular flexibility index (Phi) is 8.41. The fourth-order valence-electron chi connectivity index (χ4n) is 8.00. The van der Waals surface area contributed by atoms with Gasteiger partial charge in [-0.05, 0) is 102 Å². The quantitative estimate of drug-likeness (QED) is 0.358. The molecular weight excluding hydrogens is 595 g/mol. The number of rotatable bonds is 9.